The topological polar surface area (TPSA) is 35.5 Å². The molecule has 3 rings (SSSR count). The van der Waals surface area contributed by atoms with Crippen molar-refractivity contribution in [3.8, 4) is 0 Å². The molecule has 0 bridgehead atoms. The zero-order valence-electron chi connectivity index (χ0n) is 26.3. The number of hydrogen-bond acceptors (Lipinski definition) is 3. The van der Waals surface area contributed by atoms with Crippen molar-refractivity contribution < 1.29 is 14.0 Å². The van der Waals surface area contributed by atoms with Crippen LogP contribution in [0.2, 0.25) is 18.1 Å². The summed E-state index contributed by atoms with van der Waals surface area (Å²) in [6, 6.07) is 18.0. The van der Waals surface area contributed by atoms with Crippen molar-refractivity contribution in [2.45, 2.75) is 122 Å². The minimum atomic E-state index is -1.89. The van der Waals surface area contributed by atoms with Gasteiger partial charge in [0, 0.05) is 11.8 Å². The van der Waals surface area contributed by atoms with E-state index in [0.29, 0.717) is 30.6 Å². The molecule has 2 aromatic rings. The van der Waals surface area contributed by atoms with Crippen LogP contribution < -0.4 is 0 Å². The minimum Gasteiger partial charge on any atom is -0.469 e. The number of hydrogen-bond donors (Lipinski definition) is 0. The lowest BCUT2D eigenvalue weighted by Gasteiger charge is -2.39. The van der Waals surface area contributed by atoms with E-state index in [9.17, 15) is 4.79 Å². The van der Waals surface area contributed by atoms with Gasteiger partial charge in [0.1, 0.15) is 0 Å². The Bertz CT molecular complexity index is 1070. The van der Waals surface area contributed by atoms with Crippen LogP contribution in [0.15, 0.2) is 48.5 Å². The Morgan fingerprint density at radius 3 is 2.38 bits per heavy atom. The maximum absolute atomic E-state index is 11.6. The van der Waals surface area contributed by atoms with Crippen LogP contribution in [-0.2, 0) is 26.8 Å². The molecule has 0 spiro atoms. The van der Waals surface area contributed by atoms with Crippen molar-refractivity contribution in [3.63, 3.8) is 0 Å². The van der Waals surface area contributed by atoms with Gasteiger partial charge < -0.3 is 9.16 Å². The van der Waals surface area contributed by atoms with E-state index in [0.717, 1.165) is 19.3 Å². The van der Waals surface area contributed by atoms with Gasteiger partial charge in [0.05, 0.1) is 13.2 Å². The standard InChI is InChI=1S/C35H53ClO3Si/c1-9-10-11-15-32(39-40(7,8)35(3,4)5)28-17-19-29(20-18-28)34-25(2)22-31(36)30(34)24-27-14-12-13-26(23-27)16-21-33(37)38-6/h12-14,17-20,23,25,30-32,34H,9-11,15-16,21-22,24H2,1-8H3/t25-,30+,31-,32?,34-/m1/s1. The highest BCUT2D eigenvalue weighted by Gasteiger charge is 2.41. The molecule has 5 heteroatoms. The number of rotatable bonds is 13. The van der Waals surface area contributed by atoms with E-state index in [2.05, 4.69) is 96.2 Å². The van der Waals surface area contributed by atoms with Crippen LogP contribution >= 0.6 is 11.6 Å². The molecule has 0 heterocycles. The summed E-state index contributed by atoms with van der Waals surface area (Å²) in [5.41, 5.74) is 5.18. The molecular formula is C35H53ClO3Si. The van der Waals surface area contributed by atoms with Gasteiger partial charge in [-0.25, -0.2) is 0 Å². The van der Waals surface area contributed by atoms with Crippen molar-refractivity contribution in [1.82, 2.24) is 0 Å². The van der Waals surface area contributed by atoms with Crippen LogP contribution in [0.1, 0.15) is 107 Å². The molecule has 1 fully saturated rings. The fraction of sp³-hybridized carbons (Fsp3) is 0.629. The first-order valence-corrected chi connectivity index (χ1v) is 18.8. The molecule has 1 aliphatic carbocycles. The predicted octanol–water partition coefficient (Wildman–Crippen LogP) is 10.0. The third-order valence-electron chi connectivity index (χ3n) is 9.45. The summed E-state index contributed by atoms with van der Waals surface area (Å²) in [6.07, 6.45) is 8.01. The molecule has 0 aliphatic heterocycles. The van der Waals surface area contributed by atoms with Crippen molar-refractivity contribution in [2.75, 3.05) is 7.11 Å². The maximum Gasteiger partial charge on any atom is 0.305 e. The first kappa shape index (κ1) is 32.9. The molecule has 0 amide bonds. The largest absolute Gasteiger partial charge is 0.469 e. The van der Waals surface area contributed by atoms with Crippen LogP contribution in [0, 0.1) is 11.8 Å². The number of esters is 1. The van der Waals surface area contributed by atoms with E-state index in [1.165, 1.54) is 48.6 Å². The Hall–Kier alpha value is -1.62. The van der Waals surface area contributed by atoms with Gasteiger partial charge >= 0.3 is 5.97 Å². The fourth-order valence-corrected chi connectivity index (χ4v) is 7.87. The summed E-state index contributed by atoms with van der Waals surface area (Å²) in [5.74, 6) is 1.17. The van der Waals surface area contributed by atoms with Gasteiger partial charge in [0.15, 0.2) is 8.32 Å². The van der Waals surface area contributed by atoms with Crippen molar-refractivity contribution >= 4 is 25.9 Å². The summed E-state index contributed by atoms with van der Waals surface area (Å²) >= 11 is 7.02. The number of unbranched alkanes of at least 4 members (excludes halogenated alkanes) is 2. The normalized spacial score (nSPS) is 22.3. The summed E-state index contributed by atoms with van der Waals surface area (Å²) in [7, 11) is -0.441. The monoisotopic (exact) mass is 584 g/mol. The molecule has 0 aromatic heterocycles. The number of alkyl halides is 1. The maximum atomic E-state index is 11.6. The number of aryl methyl sites for hydroxylation is 1. The smallest absolute Gasteiger partial charge is 0.305 e. The van der Waals surface area contributed by atoms with Crippen LogP contribution in [0.4, 0.5) is 0 Å². The quantitative estimate of drug-likeness (QED) is 0.102. The number of methoxy groups -OCH3 is 1. The summed E-state index contributed by atoms with van der Waals surface area (Å²) < 4.78 is 11.8. The second kappa shape index (κ2) is 14.5. The zero-order valence-corrected chi connectivity index (χ0v) is 28.0. The SMILES string of the molecule is CCCCCC(O[Si](C)(C)C(C)(C)C)c1ccc([C@@H]2[C@@H](Cc3cccc(CCC(=O)OC)c3)[C@H](Cl)C[C@H]2C)cc1. The van der Waals surface area contributed by atoms with Crippen LogP contribution in [0.5, 0.6) is 0 Å². The van der Waals surface area contributed by atoms with E-state index in [4.69, 9.17) is 20.8 Å². The third kappa shape index (κ3) is 8.69. The predicted molar refractivity (Wildman–Crippen MR) is 172 cm³/mol. The Kier molecular flexibility index (Phi) is 11.9. The van der Waals surface area contributed by atoms with Gasteiger partial charge in [-0.3, -0.25) is 4.79 Å². The summed E-state index contributed by atoms with van der Waals surface area (Å²) in [4.78, 5) is 11.6. The van der Waals surface area contributed by atoms with Gasteiger partial charge in [-0.2, -0.15) is 0 Å². The molecule has 0 N–H and O–H groups in total. The number of benzene rings is 2. The van der Waals surface area contributed by atoms with Gasteiger partial charge in [0.25, 0.3) is 0 Å². The molecule has 3 nitrogen and oxygen atoms in total. The van der Waals surface area contributed by atoms with Crippen LogP contribution in [0.25, 0.3) is 0 Å². The van der Waals surface area contributed by atoms with E-state index >= 15 is 0 Å². The molecule has 2 aromatic carbocycles. The third-order valence-corrected chi connectivity index (χ3v) is 14.4. The molecule has 1 aliphatic rings. The number of carbonyl (C=O) groups is 1. The summed E-state index contributed by atoms with van der Waals surface area (Å²) in [5, 5.41) is 0.344. The van der Waals surface area contributed by atoms with Crippen molar-refractivity contribution in [2.24, 2.45) is 11.8 Å². The molecule has 0 saturated heterocycles. The van der Waals surface area contributed by atoms with Gasteiger partial charge in [-0.05, 0) is 83.8 Å². The van der Waals surface area contributed by atoms with Crippen LogP contribution in [0.3, 0.4) is 0 Å². The number of halogens is 1. The second-order valence-electron chi connectivity index (χ2n) is 13.5. The van der Waals surface area contributed by atoms with Gasteiger partial charge in [-0.1, -0.05) is 102 Å². The molecule has 5 atom stereocenters. The highest BCUT2D eigenvalue weighted by Crippen LogP contribution is 2.48. The average Bonchev–Trinajstić information content (AvgIpc) is 3.18. The number of ether oxygens (including phenoxy) is 1. The van der Waals surface area contributed by atoms with E-state index in [-0.39, 0.29) is 22.5 Å². The Balaban J connectivity index is 1.79. The molecule has 222 valence electrons. The van der Waals surface area contributed by atoms with Crippen molar-refractivity contribution in [1.29, 1.82) is 0 Å². The molecular weight excluding hydrogens is 532 g/mol. The lowest BCUT2D eigenvalue weighted by Crippen LogP contribution is -2.41. The molecule has 1 saturated carbocycles. The molecule has 1 unspecified atom stereocenters. The van der Waals surface area contributed by atoms with E-state index in [1.54, 1.807) is 0 Å². The fourth-order valence-electron chi connectivity index (χ4n) is 6.03. The first-order valence-electron chi connectivity index (χ1n) is 15.4. The highest BCUT2D eigenvalue weighted by atomic mass is 35.5. The lowest BCUT2D eigenvalue weighted by atomic mass is 9.80. The first-order chi connectivity index (χ1) is 18.9. The Morgan fingerprint density at radius 2 is 1.75 bits per heavy atom. The highest BCUT2D eigenvalue weighted by molar-refractivity contribution is 6.74. The lowest BCUT2D eigenvalue weighted by molar-refractivity contribution is -0.140. The molecule has 40 heavy (non-hydrogen) atoms. The zero-order chi connectivity index (χ0) is 29.5. The number of carbonyl (C=O) groups excluding carboxylic acids is 1. The Labute approximate surface area is 250 Å². The van der Waals surface area contributed by atoms with E-state index < -0.39 is 8.32 Å². The second-order valence-corrected chi connectivity index (χ2v) is 18.9. The van der Waals surface area contributed by atoms with Crippen molar-refractivity contribution in [3.05, 3.63) is 70.8 Å². The van der Waals surface area contributed by atoms with Gasteiger partial charge in [0.2, 0.25) is 0 Å². The average molecular weight is 585 g/mol. The minimum absolute atomic E-state index is 0.155. The summed E-state index contributed by atoms with van der Waals surface area (Å²) in [6.45, 7) is 16.3. The van der Waals surface area contributed by atoms with E-state index in [1.807, 2.05) is 0 Å². The van der Waals surface area contributed by atoms with Crippen LogP contribution in [-0.4, -0.2) is 26.8 Å². The van der Waals surface area contributed by atoms with Gasteiger partial charge in [-0.15, -0.1) is 11.6 Å². The molecule has 0 radical (unpaired) electrons. The Morgan fingerprint density at radius 1 is 1.07 bits per heavy atom.